The topological polar surface area (TPSA) is 124 Å². The average molecular weight is 879 g/mol. The molecule has 0 aliphatic rings. The summed E-state index contributed by atoms with van der Waals surface area (Å²) >= 11 is 12.2. The molecule has 0 saturated carbocycles. The van der Waals surface area contributed by atoms with Crippen LogP contribution in [0.4, 0.5) is 57.5 Å². The first kappa shape index (κ1) is 44.6. The Morgan fingerprint density at radius 2 is 0.983 bits per heavy atom. The molecule has 4 rings (SSSR count). The summed E-state index contributed by atoms with van der Waals surface area (Å²) in [6.45, 7) is 0. The second-order valence-corrected chi connectivity index (χ2v) is 11.8. The van der Waals surface area contributed by atoms with E-state index >= 15 is 8.78 Å². The molecule has 25 heteroatoms. The number of ether oxygens (including phenoxy) is 4. The molecule has 0 fully saturated rings. The molecule has 58 heavy (non-hydrogen) atoms. The number of carbonyl (C=O) groups is 1. The third-order valence-electron chi connectivity index (χ3n) is 7.41. The lowest BCUT2D eigenvalue weighted by molar-refractivity contribution is -0.291. The number of halogens is 14. The highest BCUT2D eigenvalue weighted by Crippen LogP contribution is 2.44. The normalized spacial score (nSPS) is 13.2. The number of benzene rings is 2. The van der Waals surface area contributed by atoms with E-state index in [0.29, 0.717) is 38.5 Å². The fourth-order valence-corrected chi connectivity index (χ4v) is 5.20. The highest BCUT2D eigenvalue weighted by atomic mass is 35.5. The predicted octanol–water partition coefficient (Wildman–Crippen LogP) is 7.89. The van der Waals surface area contributed by atoms with E-state index < -0.39 is 121 Å². The zero-order valence-corrected chi connectivity index (χ0v) is 29.7. The highest BCUT2D eigenvalue weighted by molar-refractivity contribution is 6.31. The molecule has 2 unspecified atom stereocenters. The lowest BCUT2D eigenvalue weighted by Gasteiger charge is -2.21. The summed E-state index contributed by atoms with van der Waals surface area (Å²) in [6, 6.07) is -0.968. The maximum absolute atomic E-state index is 15.2. The Balaban J connectivity index is 1.71. The van der Waals surface area contributed by atoms with Crippen LogP contribution in [0.3, 0.4) is 0 Å². The maximum atomic E-state index is 15.2. The van der Waals surface area contributed by atoms with Crippen LogP contribution in [0.1, 0.15) is 34.7 Å². The molecule has 0 radical (unpaired) electrons. The van der Waals surface area contributed by atoms with Gasteiger partial charge in [0.15, 0.2) is 12.2 Å². The van der Waals surface area contributed by atoms with E-state index in [2.05, 4.69) is 19.4 Å². The standard InChI is InChI=1S/C33H16Cl2F12N4O7/c1-5-21(13-7-19(17(36)9-15(13)34)50-25(52)11-23(48-27(50)55-3)30(38,39)32(42,43)44)57-29(54)58-22(6-2)14-8-20(18(37)10-16(14)35)51-26(53)12-24(49-28(51)56-4)31(40,41)33(45,46)47/h1-2,7-12,21-22H,3-4H3. The number of methoxy groups -OCH3 is 2. The first-order valence-electron chi connectivity index (χ1n) is 14.8. The van der Waals surface area contributed by atoms with Gasteiger partial charge in [0.1, 0.15) is 23.0 Å². The van der Waals surface area contributed by atoms with Gasteiger partial charge in [-0.05, 0) is 24.3 Å². The van der Waals surface area contributed by atoms with E-state index in [-0.39, 0.29) is 21.3 Å². The third-order valence-corrected chi connectivity index (χ3v) is 8.06. The van der Waals surface area contributed by atoms with Gasteiger partial charge in [-0.25, -0.2) is 22.7 Å². The number of terminal acetylenes is 2. The molecule has 308 valence electrons. The molecule has 2 heterocycles. The Hall–Kier alpha value is -6.07. The predicted molar refractivity (Wildman–Crippen MR) is 173 cm³/mol. The van der Waals surface area contributed by atoms with Crippen molar-refractivity contribution in [2.24, 2.45) is 0 Å². The molecule has 0 aliphatic carbocycles. The number of carbonyl (C=O) groups excluding carboxylic acids is 1. The summed E-state index contributed by atoms with van der Waals surface area (Å²) in [7, 11) is 1.37. The van der Waals surface area contributed by atoms with E-state index in [1.54, 1.807) is 0 Å². The van der Waals surface area contributed by atoms with Gasteiger partial charge in [-0.1, -0.05) is 35.0 Å². The molecule has 4 aromatic rings. The van der Waals surface area contributed by atoms with Crippen LogP contribution in [0.15, 0.2) is 46.0 Å². The smallest absolute Gasteiger partial charge is 0.468 e. The van der Waals surface area contributed by atoms with Gasteiger partial charge in [0, 0.05) is 23.3 Å². The summed E-state index contributed by atoms with van der Waals surface area (Å²) in [5, 5.41) is -1.27. The second-order valence-electron chi connectivity index (χ2n) is 11.0. The number of hydrogen-bond acceptors (Lipinski definition) is 9. The Bertz CT molecular complexity index is 2320. The van der Waals surface area contributed by atoms with Gasteiger partial charge in [-0.15, -0.1) is 12.8 Å². The Labute approximate surface area is 324 Å². The minimum Gasteiger partial charge on any atom is -0.468 e. The number of nitrogens with zero attached hydrogens (tertiary/aromatic N) is 4. The number of hydrogen-bond donors (Lipinski definition) is 0. The largest absolute Gasteiger partial charge is 0.511 e. The van der Waals surface area contributed by atoms with Crippen LogP contribution in [-0.4, -0.2) is 51.8 Å². The van der Waals surface area contributed by atoms with E-state index in [1.165, 1.54) is 0 Å². The molecule has 0 spiro atoms. The van der Waals surface area contributed by atoms with Gasteiger partial charge in [-0.2, -0.15) is 53.9 Å². The molecule has 0 amide bonds. The van der Waals surface area contributed by atoms with Gasteiger partial charge >= 0.3 is 42.4 Å². The van der Waals surface area contributed by atoms with Crippen molar-refractivity contribution in [2.45, 2.75) is 36.4 Å². The summed E-state index contributed by atoms with van der Waals surface area (Å²) in [5.41, 5.74) is -10.7. The summed E-state index contributed by atoms with van der Waals surface area (Å²) < 4.78 is 184. The molecular formula is C33H16Cl2F12N4O7. The van der Waals surface area contributed by atoms with Crippen molar-refractivity contribution in [2.75, 3.05) is 14.2 Å². The molecular weight excluding hydrogens is 863 g/mol. The molecule has 2 aromatic heterocycles. The summed E-state index contributed by atoms with van der Waals surface area (Å²) in [5.74, 6) is -10.4. The molecule has 0 N–H and O–H groups in total. The molecule has 2 aromatic carbocycles. The molecule has 0 bridgehead atoms. The van der Waals surface area contributed by atoms with E-state index in [9.17, 15) is 58.3 Å². The monoisotopic (exact) mass is 878 g/mol. The van der Waals surface area contributed by atoms with E-state index in [4.69, 9.17) is 45.5 Å². The Morgan fingerprint density at radius 1 is 0.655 bits per heavy atom. The highest BCUT2D eigenvalue weighted by Gasteiger charge is 2.61. The molecule has 0 aliphatic heterocycles. The zero-order chi connectivity index (χ0) is 43.9. The van der Waals surface area contributed by atoms with Crippen LogP contribution in [0.2, 0.25) is 10.0 Å². The van der Waals surface area contributed by atoms with Crippen molar-refractivity contribution in [1.82, 2.24) is 19.1 Å². The quantitative estimate of drug-likeness (QED) is 0.0889. The van der Waals surface area contributed by atoms with Crippen molar-refractivity contribution >= 4 is 29.4 Å². The van der Waals surface area contributed by atoms with Gasteiger partial charge in [-0.3, -0.25) is 9.59 Å². The maximum Gasteiger partial charge on any atom is 0.511 e. The number of aromatic nitrogens is 4. The molecule has 2 atom stereocenters. The lowest BCUT2D eigenvalue weighted by Crippen LogP contribution is -2.37. The van der Waals surface area contributed by atoms with E-state index in [1.807, 2.05) is 11.8 Å². The van der Waals surface area contributed by atoms with Crippen LogP contribution < -0.4 is 20.6 Å². The fraction of sp³-hybridized carbons (Fsp3) is 0.242. The zero-order valence-electron chi connectivity index (χ0n) is 28.2. The van der Waals surface area contributed by atoms with Crippen molar-refractivity contribution < 1.29 is 76.4 Å². The minimum atomic E-state index is -6.21. The summed E-state index contributed by atoms with van der Waals surface area (Å²) in [6.07, 6.45) is -7.37. The third kappa shape index (κ3) is 8.31. The van der Waals surface area contributed by atoms with Gasteiger partial charge < -0.3 is 18.9 Å². The average Bonchev–Trinajstić information content (AvgIpc) is 3.12. The Kier molecular flexibility index (Phi) is 12.4. The molecule has 11 nitrogen and oxygen atoms in total. The van der Waals surface area contributed by atoms with Crippen molar-refractivity contribution in [1.29, 1.82) is 0 Å². The van der Waals surface area contributed by atoms with Crippen LogP contribution in [0, 0.1) is 36.3 Å². The minimum absolute atomic E-state index is 0.102. The lowest BCUT2D eigenvalue weighted by atomic mass is 10.1. The first-order chi connectivity index (χ1) is 26.7. The molecule has 0 saturated heterocycles. The Morgan fingerprint density at radius 3 is 1.26 bits per heavy atom. The van der Waals surface area contributed by atoms with Crippen molar-refractivity contribution in [3.63, 3.8) is 0 Å². The summed E-state index contributed by atoms with van der Waals surface area (Å²) in [4.78, 5) is 44.5. The van der Waals surface area contributed by atoms with Gasteiger partial charge in [0.05, 0.1) is 35.6 Å². The van der Waals surface area contributed by atoms with Crippen LogP contribution in [0.5, 0.6) is 12.0 Å². The van der Waals surface area contributed by atoms with Crippen LogP contribution in [0.25, 0.3) is 11.4 Å². The first-order valence-corrected chi connectivity index (χ1v) is 15.6. The van der Waals surface area contributed by atoms with Crippen molar-refractivity contribution in [3.05, 3.63) is 101 Å². The SMILES string of the molecule is C#CC(OC(=O)OC(C#C)c1cc(-n2c(OC)nc(C(F)(F)C(F)(F)F)cc2=O)c(F)cc1Cl)c1cc(-n2c(OC)nc(C(F)(F)C(F)(F)F)cc2=O)c(F)cc1Cl. The fourth-order valence-electron chi connectivity index (χ4n) is 4.70. The second kappa shape index (κ2) is 16.1. The number of rotatable bonds is 10. The van der Waals surface area contributed by atoms with Crippen molar-refractivity contribution in [3.8, 4) is 48.1 Å². The van der Waals surface area contributed by atoms with E-state index in [0.717, 1.165) is 0 Å². The van der Waals surface area contributed by atoms with Gasteiger partial charge in [0.2, 0.25) is 0 Å². The number of alkyl halides is 10. The van der Waals surface area contributed by atoms with Crippen LogP contribution >= 0.6 is 23.2 Å². The van der Waals surface area contributed by atoms with Crippen LogP contribution in [-0.2, 0) is 21.3 Å². The van der Waals surface area contributed by atoms with Gasteiger partial charge in [0.25, 0.3) is 11.1 Å².